The average molecular weight is 398 g/mol. The minimum absolute atomic E-state index is 0.0221. The number of aromatic nitrogens is 2. The molecule has 152 valence electrons. The maximum atomic E-state index is 13.4. The number of hydrogen-bond donors (Lipinski definition) is 0. The van der Waals surface area contributed by atoms with Crippen LogP contribution < -0.4 is 0 Å². The molecule has 0 bridgehead atoms. The fraction of sp³-hybridized carbons (Fsp3) is 0.231. The lowest BCUT2D eigenvalue weighted by Crippen LogP contribution is -2.39. The van der Waals surface area contributed by atoms with Gasteiger partial charge < -0.3 is 9.47 Å². The third-order valence-corrected chi connectivity index (χ3v) is 5.78. The van der Waals surface area contributed by atoms with Crippen LogP contribution in [0.4, 0.5) is 0 Å². The Bertz CT molecular complexity index is 1120. The largest absolute Gasteiger partial charge is 0.346 e. The smallest absolute Gasteiger partial charge is 0.256 e. The molecule has 0 radical (unpaired) electrons. The Morgan fingerprint density at radius 1 is 1.03 bits per heavy atom. The number of rotatable bonds is 7. The van der Waals surface area contributed by atoms with Gasteiger partial charge in [-0.25, -0.2) is 0 Å². The molecule has 0 aliphatic rings. The van der Waals surface area contributed by atoms with E-state index in [-0.39, 0.29) is 11.9 Å². The highest BCUT2D eigenvalue weighted by Gasteiger charge is 2.23. The van der Waals surface area contributed by atoms with Gasteiger partial charge in [-0.05, 0) is 55.0 Å². The SMILES string of the molecule is C[C@@H](CCc1ccccc1)N(Cc1cc2ccccc2n1C)C(=O)c1cccnc1. The third kappa shape index (κ3) is 4.28. The summed E-state index contributed by atoms with van der Waals surface area (Å²) >= 11 is 0. The van der Waals surface area contributed by atoms with Gasteiger partial charge in [-0.2, -0.15) is 0 Å². The molecule has 0 unspecified atom stereocenters. The molecule has 0 fully saturated rings. The highest BCUT2D eigenvalue weighted by atomic mass is 16.2. The molecule has 2 aromatic heterocycles. The van der Waals surface area contributed by atoms with Crippen LogP contribution in [0, 0.1) is 0 Å². The van der Waals surface area contributed by atoms with E-state index in [0.717, 1.165) is 18.5 Å². The van der Waals surface area contributed by atoms with Crippen LogP contribution in [0.25, 0.3) is 10.9 Å². The summed E-state index contributed by atoms with van der Waals surface area (Å²) in [5.41, 5.74) is 4.23. The average Bonchev–Trinajstić information content (AvgIpc) is 3.12. The Morgan fingerprint density at radius 2 is 1.80 bits per heavy atom. The second-order valence-electron chi connectivity index (χ2n) is 7.80. The van der Waals surface area contributed by atoms with E-state index >= 15 is 0 Å². The summed E-state index contributed by atoms with van der Waals surface area (Å²) in [4.78, 5) is 19.5. The first-order valence-corrected chi connectivity index (χ1v) is 10.4. The second-order valence-corrected chi connectivity index (χ2v) is 7.80. The van der Waals surface area contributed by atoms with E-state index in [1.807, 2.05) is 35.2 Å². The summed E-state index contributed by atoms with van der Waals surface area (Å²) in [6.07, 6.45) is 5.19. The molecule has 0 aliphatic heterocycles. The minimum Gasteiger partial charge on any atom is -0.346 e. The standard InChI is InChI=1S/C26H27N3O/c1-20(14-15-21-9-4-3-5-10-21)29(26(30)23-12-8-16-27-18-23)19-24-17-22-11-6-7-13-25(22)28(24)2/h3-13,16-18,20H,14-15,19H2,1-2H3/t20-/m0/s1. The summed E-state index contributed by atoms with van der Waals surface area (Å²) in [6.45, 7) is 2.70. The summed E-state index contributed by atoms with van der Waals surface area (Å²) in [6, 6.07) is 24.7. The van der Waals surface area contributed by atoms with Crippen LogP contribution in [0.1, 0.15) is 35.0 Å². The number of carbonyl (C=O) groups excluding carboxylic acids is 1. The quantitative estimate of drug-likeness (QED) is 0.428. The molecule has 4 aromatic rings. The molecule has 1 amide bonds. The number of fused-ring (bicyclic) bond motifs is 1. The van der Waals surface area contributed by atoms with Crippen LogP contribution in [-0.2, 0) is 20.0 Å². The molecule has 0 N–H and O–H groups in total. The highest BCUT2D eigenvalue weighted by Crippen LogP contribution is 2.22. The van der Waals surface area contributed by atoms with Crippen molar-refractivity contribution in [2.24, 2.45) is 7.05 Å². The van der Waals surface area contributed by atoms with Gasteiger partial charge in [0.25, 0.3) is 5.91 Å². The minimum atomic E-state index is 0.0221. The molecular formula is C26H27N3O. The van der Waals surface area contributed by atoms with Gasteiger partial charge in [0.15, 0.2) is 0 Å². The number of benzene rings is 2. The van der Waals surface area contributed by atoms with Crippen molar-refractivity contribution in [2.45, 2.75) is 32.4 Å². The maximum Gasteiger partial charge on any atom is 0.256 e. The lowest BCUT2D eigenvalue weighted by Gasteiger charge is -2.30. The lowest BCUT2D eigenvalue weighted by atomic mass is 10.0. The van der Waals surface area contributed by atoms with Gasteiger partial charge in [0.05, 0.1) is 12.1 Å². The second kappa shape index (κ2) is 8.95. The number of pyridine rings is 1. The van der Waals surface area contributed by atoms with Crippen LogP contribution in [-0.4, -0.2) is 26.4 Å². The predicted octanol–water partition coefficient (Wildman–Crippen LogP) is 5.24. The van der Waals surface area contributed by atoms with E-state index in [4.69, 9.17) is 0 Å². The monoisotopic (exact) mass is 397 g/mol. The fourth-order valence-electron chi connectivity index (χ4n) is 3.93. The molecule has 4 heteroatoms. The van der Waals surface area contributed by atoms with Crippen molar-refractivity contribution in [1.29, 1.82) is 0 Å². The van der Waals surface area contributed by atoms with E-state index in [9.17, 15) is 4.79 Å². The van der Waals surface area contributed by atoms with E-state index in [1.54, 1.807) is 12.4 Å². The summed E-state index contributed by atoms with van der Waals surface area (Å²) in [5, 5.41) is 1.20. The molecule has 1 atom stereocenters. The first-order valence-electron chi connectivity index (χ1n) is 10.4. The van der Waals surface area contributed by atoms with Crippen molar-refractivity contribution in [2.75, 3.05) is 0 Å². The van der Waals surface area contributed by atoms with Gasteiger partial charge in [-0.15, -0.1) is 0 Å². The van der Waals surface area contributed by atoms with Crippen molar-refractivity contribution < 1.29 is 4.79 Å². The molecule has 30 heavy (non-hydrogen) atoms. The number of nitrogens with zero attached hydrogens (tertiary/aromatic N) is 3. The van der Waals surface area contributed by atoms with E-state index < -0.39 is 0 Å². The Labute approximate surface area is 177 Å². The van der Waals surface area contributed by atoms with Crippen LogP contribution in [0.2, 0.25) is 0 Å². The van der Waals surface area contributed by atoms with Gasteiger partial charge in [0.2, 0.25) is 0 Å². The number of aryl methyl sites for hydroxylation is 2. The van der Waals surface area contributed by atoms with Crippen molar-refractivity contribution in [3.05, 3.63) is 102 Å². The zero-order valence-electron chi connectivity index (χ0n) is 17.5. The van der Waals surface area contributed by atoms with Gasteiger partial charge in [0, 0.05) is 36.7 Å². The summed E-state index contributed by atoms with van der Waals surface area (Å²) < 4.78 is 2.18. The third-order valence-electron chi connectivity index (χ3n) is 5.78. The molecule has 0 aliphatic carbocycles. The summed E-state index contributed by atoms with van der Waals surface area (Å²) in [5.74, 6) is 0.0221. The number of hydrogen-bond acceptors (Lipinski definition) is 2. The molecule has 0 spiro atoms. The molecule has 2 heterocycles. The molecule has 2 aromatic carbocycles. The number of para-hydroxylation sites is 1. The van der Waals surface area contributed by atoms with Gasteiger partial charge in [-0.1, -0.05) is 48.5 Å². The van der Waals surface area contributed by atoms with Gasteiger partial charge >= 0.3 is 0 Å². The normalized spacial score (nSPS) is 12.1. The maximum absolute atomic E-state index is 13.4. The Balaban J connectivity index is 1.60. The van der Waals surface area contributed by atoms with Crippen LogP contribution in [0.15, 0.2) is 85.2 Å². The van der Waals surface area contributed by atoms with E-state index in [1.165, 1.54) is 16.5 Å². The van der Waals surface area contributed by atoms with Crippen LogP contribution in [0.5, 0.6) is 0 Å². The first kappa shape index (κ1) is 19.9. The molecule has 0 saturated heterocycles. The zero-order valence-corrected chi connectivity index (χ0v) is 17.5. The van der Waals surface area contributed by atoms with Crippen molar-refractivity contribution in [3.8, 4) is 0 Å². The Kier molecular flexibility index (Phi) is 5.94. The molecular weight excluding hydrogens is 370 g/mol. The number of carbonyl (C=O) groups is 1. The van der Waals surface area contributed by atoms with Crippen molar-refractivity contribution >= 4 is 16.8 Å². The molecule has 0 saturated carbocycles. The molecule has 4 nitrogen and oxygen atoms in total. The topological polar surface area (TPSA) is 38.1 Å². The lowest BCUT2D eigenvalue weighted by molar-refractivity contribution is 0.0663. The number of amides is 1. The predicted molar refractivity (Wildman–Crippen MR) is 121 cm³/mol. The van der Waals surface area contributed by atoms with Crippen molar-refractivity contribution in [3.63, 3.8) is 0 Å². The van der Waals surface area contributed by atoms with Crippen molar-refractivity contribution in [1.82, 2.24) is 14.5 Å². The highest BCUT2D eigenvalue weighted by molar-refractivity contribution is 5.94. The summed E-state index contributed by atoms with van der Waals surface area (Å²) in [7, 11) is 2.07. The zero-order chi connectivity index (χ0) is 20.9. The van der Waals surface area contributed by atoms with Crippen LogP contribution in [0.3, 0.4) is 0 Å². The van der Waals surface area contributed by atoms with Gasteiger partial charge in [-0.3, -0.25) is 9.78 Å². The molecule has 4 rings (SSSR count). The Hall–Kier alpha value is -3.40. The first-order chi connectivity index (χ1) is 14.6. The van der Waals surface area contributed by atoms with E-state index in [0.29, 0.717) is 12.1 Å². The Morgan fingerprint density at radius 3 is 2.53 bits per heavy atom. The van der Waals surface area contributed by atoms with Crippen LogP contribution >= 0.6 is 0 Å². The van der Waals surface area contributed by atoms with E-state index in [2.05, 4.69) is 66.0 Å². The van der Waals surface area contributed by atoms with Gasteiger partial charge in [0.1, 0.15) is 0 Å². The fourth-order valence-corrected chi connectivity index (χ4v) is 3.93.